The van der Waals surface area contributed by atoms with Crippen LogP contribution in [0, 0.1) is 6.92 Å². The Morgan fingerprint density at radius 3 is 2.37 bits per heavy atom. The van der Waals surface area contributed by atoms with Crippen molar-refractivity contribution in [1.82, 2.24) is 30.2 Å². The number of para-hydroxylation sites is 1. The molecule has 1 unspecified atom stereocenters. The summed E-state index contributed by atoms with van der Waals surface area (Å²) in [5, 5.41) is 6.22. The number of hydrogen-bond donors (Lipinski definition) is 1. The standard InChI is InChI=1S/C28H21ClN6O2S/c1-17-23-26(34(32-17)21-10-6-3-7-11-21)31-24(18-8-4-2-5-9-18)25(30-23)27(37)33-35-22(36)16-38-28(35)19-12-14-20(29)15-13-19/h2-15,28H,16H2,1H3,(H,33,37). The lowest BCUT2D eigenvalue weighted by atomic mass is 10.1. The number of aromatic nitrogens is 4. The van der Waals surface area contributed by atoms with Crippen LogP contribution >= 0.6 is 23.4 Å². The van der Waals surface area contributed by atoms with Crippen LogP contribution < -0.4 is 5.43 Å². The molecule has 1 aliphatic heterocycles. The molecule has 1 N–H and O–H groups in total. The van der Waals surface area contributed by atoms with Crippen molar-refractivity contribution in [1.29, 1.82) is 0 Å². The van der Waals surface area contributed by atoms with Crippen molar-refractivity contribution >= 4 is 46.3 Å². The van der Waals surface area contributed by atoms with E-state index in [-0.39, 0.29) is 22.7 Å². The normalized spacial score (nSPS) is 15.3. The number of nitrogens with zero attached hydrogens (tertiary/aromatic N) is 5. The molecule has 0 radical (unpaired) electrons. The zero-order chi connectivity index (χ0) is 26.2. The van der Waals surface area contributed by atoms with Crippen molar-refractivity contribution < 1.29 is 9.59 Å². The van der Waals surface area contributed by atoms with E-state index in [4.69, 9.17) is 21.6 Å². The maximum Gasteiger partial charge on any atom is 0.290 e. The third-order valence-electron chi connectivity index (χ3n) is 6.18. The van der Waals surface area contributed by atoms with Crippen molar-refractivity contribution in [3.05, 3.63) is 107 Å². The molecule has 1 aliphatic rings. The fourth-order valence-electron chi connectivity index (χ4n) is 4.35. The fourth-order valence-corrected chi connectivity index (χ4v) is 5.58. The number of carbonyl (C=O) groups is 2. The van der Waals surface area contributed by atoms with Crippen LogP contribution in [0.2, 0.25) is 5.02 Å². The van der Waals surface area contributed by atoms with Gasteiger partial charge in [0.25, 0.3) is 11.8 Å². The maximum atomic E-state index is 13.7. The van der Waals surface area contributed by atoms with Gasteiger partial charge in [-0.15, -0.1) is 11.8 Å². The van der Waals surface area contributed by atoms with Gasteiger partial charge in [-0.05, 0) is 36.8 Å². The van der Waals surface area contributed by atoms with E-state index in [0.717, 1.165) is 16.8 Å². The summed E-state index contributed by atoms with van der Waals surface area (Å²) < 4.78 is 1.73. The van der Waals surface area contributed by atoms with Gasteiger partial charge in [-0.3, -0.25) is 15.0 Å². The van der Waals surface area contributed by atoms with E-state index in [1.807, 2.05) is 79.7 Å². The number of fused-ring (bicyclic) bond motifs is 1. The minimum absolute atomic E-state index is 0.110. The van der Waals surface area contributed by atoms with Crippen molar-refractivity contribution in [3.63, 3.8) is 0 Å². The molecule has 0 bridgehead atoms. The number of amides is 2. The van der Waals surface area contributed by atoms with Crippen LogP contribution in [-0.2, 0) is 4.79 Å². The molecule has 1 atom stereocenters. The van der Waals surface area contributed by atoms with Crippen LogP contribution in [0.15, 0.2) is 84.9 Å². The van der Waals surface area contributed by atoms with Gasteiger partial charge in [0.1, 0.15) is 16.6 Å². The second-order valence-electron chi connectivity index (χ2n) is 8.71. The first kappa shape index (κ1) is 24.1. The SMILES string of the molecule is Cc1nn(-c2ccccc2)c2nc(-c3ccccc3)c(C(=O)NN3C(=O)CSC3c3ccc(Cl)cc3)nc12. The number of hydrogen-bond acceptors (Lipinski definition) is 6. The molecule has 0 aliphatic carbocycles. The highest BCUT2D eigenvalue weighted by atomic mass is 35.5. The van der Waals surface area contributed by atoms with Crippen molar-refractivity contribution in [2.75, 3.05) is 5.75 Å². The van der Waals surface area contributed by atoms with Gasteiger partial charge in [0.2, 0.25) is 0 Å². The van der Waals surface area contributed by atoms with Gasteiger partial charge in [0, 0.05) is 10.6 Å². The molecule has 3 heterocycles. The van der Waals surface area contributed by atoms with Crippen molar-refractivity contribution in [2.24, 2.45) is 0 Å². The number of nitrogens with one attached hydrogen (secondary N) is 1. The molecule has 0 saturated carbocycles. The molecular weight excluding hydrogens is 520 g/mol. The summed E-state index contributed by atoms with van der Waals surface area (Å²) in [6.45, 7) is 1.83. The first-order valence-electron chi connectivity index (χ1n) is 11.9. The Morgan fingerprint density at radius 1 is 0.974 bits per heavy atom. The zero-order valence-corrected chi connectivity index (χ0v) is 21.8. The highest BCUT2D eigenvalue weighted by molar-refractivity contribution is 8.00. The molecule has 5 aromatic rings. The lowest BCUT2D eigenvalue weighted by molar-refractivity contribution is -0.130. The van der Waals surface area contributed by atoms with Crippen molar-refractivity contribution in [2.45, 2.75) is 12.3 Å². The van der Waals surface area contributed by atoms with Crippen LogP contribution in [0.5, 0.6) is 0 Å². The van der Waals surface area contributed by atoms with E-state index in [1.54, 1.807) is 16.8 Å². The number of aryl methyl sites for hydroxylation is 1. The summed E-state index contributed by atoms with van der Waals surface area (Å²) in [4.78, 5) is 36.2. The smallest absolute Gasteiger partial charge is 0.272 e. The number of carbonyl (C=O) groups excluding carboxylic acids is 2. The lowest BCUT2D eigenvalue weighted by Gasteiger charge is -2.24. The van der Waals surface area contributed by atoms with Crippen LogP contribution in [-0.4, -0.2) is 42.3 Å². The van der Waals surface area contributed by atoms with Gasteiger partial charge < -0.3 is 0 Å². The highest BCUT2D eigenvalue weighted by Crippen LogP contribution is 2.38. The molecule has 188 valence electrons. The second-order valence-corrected chi connectivity index (χ2v) is 10.2. The predicted molar refractivity (Wildman–Crippen MR) is 148 cm³/mol. The van der Waals surface area contributed by atoms with Gasteiger partial charge in [-0.2, -0.15) is 5.10 Å². The number of thioether (sulfide) groups is 1. The fraction of sp³-hybridized carbons (Fsp3) is 0.107. The third kappa shape index (κ3) is 4.40. The van der Waals surface area contributed by atoms with Gasteiger partial charge in [-0.25, -0.2) is 19.7 Å². The molecule has 1 fully saturated rings. The first-order chi connectivity index (χ1) is 18.5. The minimum atomic E-state index is -0.528. The Kier molecular flexibility index (Phi) is 6.30. The Labute approximate surface area is 227 Å². The van der Waals surface area contributed by atoms with Crippen LogP contribution in [0.4, 0.5) is 0 Å². The van der Waals surface area contributed by atoms with Crippen LogP contribution in [0.1, 0.15) is 27.1 Å². The Hall–Kier alpha value is -4.21. The van der Waals surface area contributed by atoms with Crippen molar-refractivity contribution in [3.8, 4) is 16.9 Å². The average molecular weight is 541 g/mol. The largest absolute Gasteiger partial charge is 0.290 e. The maximum absolute atomic E-state index is 13.7. The van der Waals surface area contributed by atoms with E-state index in [1.165, 1.54) is 16.8 Å². The highest BCUT2D eigenvalue weighted by Gasteiger charge is 2.35. The summed E-state index contributed by atoms with van der Waals surface area (Å²) in [7, 11) is 0. The second kappa shape index (κ2) is 9.92. The number of benzene rings is 3. The quantitative estimate of drug-likeness (QED) is 0.322. The molecule has 0 spiro atoms. The number of hydrazine groups is 1. The molecule has 2 amide bonds. The predicted octanol–water partition coefficient (Wildman–Crippen LogP) is 5.36. The Balaban J connectivity index is 1.44. The van der Waals surface area contributed by atoms with E-state index < -0.39 is 5.91 Å². The molecule has 1 saturated heterocycles. The van der Waals surface area contributed by atoms with E-state index >= 15 is 0 Å². The zero-order valence-electron chi connectivity index (χ0n) is 20.2. The summed E-state index contributed by atoms with van der Waals surface area (Å²) in [6, 6.07) is 26.3. The Bertz CT molecular complexity index is 1660. The van der Waals surface area contributed by atoms with Gasteiger partial charge in [0.15, 0.2) is 11.3 Å². The van der Waals surface area contributed by atoms with E-state index in [0.29, 0.717) is 27.6 Å². The lowest BCUT2D eigenvalue weighted by Crippen LogP contribution is -2.45. The summed E-state index contributed by atoms with van der Waals surface area (Å²) in [5.74, 6) is -0.487. The number of rotatable bonds is 5. The van der Waals surface area contributed by atoms with Gasteiger partial charge >= 0.3 is 0 Å². The molecule has 3 aromatic carbocycles. The summed E-state index contributed by atoms with van der Waals surface area (Å²) in [5.41, 5.74) is 7.41. The molecule has 6 rings (SSSR count). The summed E-state index contributed by atoms with van der Waals surface area (Å²) >= 11 is 7.48. The van der Waals surface area contributed by atoms with E-state index in [2.05, 4.69) is 10.5 Å². The van der Waals surface area contributed by atoms with Gasteiger partial charge in [0.05, 0.1) is 17.1 Å². The van der Waals surface area contributed by atoms with Crippen LogP contribution in [0.3, 0.4) is 0 Å². The molecular formula is C28H21ClN6O2S. The van der Waals surface area contributed by atoms with E-state index in [9.17, 15) is 9.59 Å². The minimum Gasteiger partial charge on any atom is -0.272 e. The first-order valence-corrected chi connectivity index (χ1v) is 13.3. The summed E-state index contributed by atoms with van der Waals surface area (Å²) in [6.07, 6.45) is 0. The third-order valence-corrected chi connectivity index (χ3v) is 7.64. The molecule has 38 heavy (non-hydrogen) atoms. The monoisotopic (exact) mass is 540 g/mol. The molecule has 10 heteroatoms. The Morgan fingerprint density at radius 2 is 1.66 bits per heavy atom. The molecule has 2 aromatic heterocycles. The van der Waals surface area contributed by atoms with Gasteiger partial charge in [-0.1, -0.05) is 72.3 Å². The number of halogens is 1. The topological polar surface area (TPSA) is 93.0 Å². The molecule has 8 nitrogen and oxygen atoms in total. The average Bonchev–Trinajstić information content (AvgIpc) is 3.48. The van der Waals surface area contributed by atoms with Crippen LogP contribution in [0.25, 0.3) is 28.1 Å².